The summed E-state index contributed by atoms with van der Waals surface area (Å²) in [5.74, 6) is 0.788. The van der Waals surface area contributed by atoms with Crippen LogP contribution in [0.4, 0.5) is 0 Å². The summed E-state index contributed by atoms with van der Waals surface area (Å²) < 4.78 is 7.30. The first-order valence-electron chi connectivity index (χ1n) is 5.86. The summed E-state index contributed by atoms with van der Waals surface area (Å²) in [6.45, 7) is 2.08. The number of benzene rings is 1. The maximum atomic E-state index is 5.32. The molecule has 2 heterocycles. The zero-order valence-electron chi connectivity index (χ0n) is 10.4. The lowest BCUT2D eigenvalue weighted by atomic mass is 10.1. The van der Waals surface area contributed by atoms with Gasteiger partial charge in [0.25, 0.3) is 0 Å². The first kappa shape index (κ1) is 10.8. The number of nitrogens with zero attached hydrogens (tertiary/aromatic N) is 2. The number of hydrogen-bond donors (Lipinski definition) is 0. The lowest BCUT2D eigenvalue weighted by Crippen LogP contribution is -1.88. The second-order valence-electron chi connectivity index (χ2n) is 4.30. The van der Waals surface area contributed by atoms with Gasteiger partial charge in [0.1, 0.15) is 0 Å². The van der Waals surface area contributed by atoms with Gasteiger partial charge in [-0.2, -0.15) is 0 Å². The van der Waals surface area contributed by atoms with Gasteiger partial charge in [-0.3, -0.25) is 0 Å². The Balaban J connectivity index is 2.19. The monoisotopic (exact) mass is 238 g/mol. The van der Waals surface area contributed by atoms with E-state index in [1.807, 2.05) is 35.0 Å². The number of methoxy groups -OCH3 is 1. The smallest absolute Gasteiger partial charge is 0.180 e. The minimum Gasteiger partial charge on any atom is -0.493 e. The molecule has 1 aromatic carbocycles. The van der Waals surface area contributed by atoms with Crippen molar-refractivity contribution < 1.29 is 4.74 Å². The quantitative estimate of drug-likeness (QED) is 0.684. The second kappa shape index (κ2) is 4.18. The third-order valence-corrected chi connectivity index (χ3v) is 2.98. The topological polar surface area (TPSA) is 26.5 Å². The van der Waals surface area contributed by atoms with Crippen LogP contribution in [-0.2, 0) is 0 Å². The van der Waals surface area contributed by atoms with Crippen molar-refractivity contribution in [3.8, 4) is 17.0 Å². The van der Waals surface area contributed by atoms with Gasteiger partial charge < -0.3 is 9.14 Å². The fraction of sp³-hybridized carbons (Fsp3) is 0.133. The summed E-state index contributed by atoms with van der Waals surface area (Å²) in [4.78, 5) is 4.63. The maximum absolute atomic E-state index is 5.32. The van der Waals surface area contributed by atoms with Gasteiger partial charge in [0.05, 0.1) is 12.8 Å². The highest BCUT2D eigenvalue weighted by atomic mass is 16.5. The number of fused-ring (bicyclic) bond motifs is 1. The molecule has 18 heavy (non-hydrogen) atoms. The summed E-state index contributed by atoms with van der Waals surface area (Å²) in [7, 11) is 1.66. The summed E-state index contributed by atoms with van der Waals surface area (Å²) in [6, 6.07) is 12.2. The van der Waals surface area contributed by atoms with Gasteiger partial charge in [0.2, 0.25) is 0 Å². The number of hydrogen-bond acceptors (Lipinski definition) is 2. The van der Waals surface area contributed by atoms with Gasteiger partial charge in [0, 0.05) is 18.0 Å². The van der Waals surface area contributed by atoms with E-state index in [0.29, 0.717) is 0 Å². The van der Waals surface area contributed by atoms with Gasteiger partial charge >= 0.3 is 0 Å². The third-order valence-electron chi connectivity index (χ3n) is 2.98. The number of aromatic nitrogens is 2. The van der Waals surface area contributed by atoms with Gasteiger partial charge in [-0.05, 0) is 25.1 Å². The molecule has 0 fully saturated rings. The molecule has 3 nitrogen and oxygen atoms in total. The number of imidazole rings is 1. The molecule has 0 unspecified atom stereocenters. The molecule has 0 aliphatic rings. The SMILES string of the molecule is COc1cccn2cc(-c3cccc(C)c3)nc12. The predicted molar refractivity (Wildman–Crippen MR) is 71.9 cm³/mol. The van der Waals surface area contributed by atoms with Crippen LogP contribution in [0.25, 0.3) is 16.9 Å². The van der Waals surface area contributed by atoms with E-state index in [-0.39, 0.29) is 0 Å². The zero-order valence-corrected chi connectivity index (χ0v) is 10.4. The molecule has 0 aliphatic carbocycles. The van der Waals surface area contributed by atoms with Crippen LogP contribution in [0.3, 0.4) is 0 Å². The molecule has 3 aromatic rings. The molecule has 0 amide bonds. The van der Waals surface area contributed by atoms with Crippen molar-refractivity contribution >= 4 is 5.65 Å². The van der Waals surface area contributed by atoms with E-state index in [1.54, 1.807) is 7.11 Å². The van der Waals surface area contributed by atoms with Crippen molar-refractivity contribution in [1.29, 1.82) is 0 Å². The lowest BCUT2D eigenvalue weighted by molar-refractivity contribution is 0.417. The molecule has 0 bridgehead atoms. The maximum Gasteiger partial charge on any atom is 0.180 e. The molecule has 0 aliphatic heterocycles. The number of rotatable bonds is 2. The molecule has 0 spiro atoms. The normalized spacial score (nSPS) is 10.8. The Hall–Kier alpha value is -2.29. The van der Waals surface area contributed by atoms with Crippen molar-refractivity contribution in [3.05, 3.63) is 54.4 Å². The van der Waals surface area contributed by atoms with Gasteiger partial charge in [-0.25, -0.2) is 4.98 Å². The molecule has 90 valence electrons. The molecular formula is C15H14N2O. The van der Waals surface area contributed by atoms with Crippen molar-refractivity contribution in [2.24, 2.45) is 0 Å². The standard InChI is InChI=1S/C15H14N2O/c1-11-5-3-6-12(9-11)13-10-17-8-4-7-14(18-2)15(17)16-13/h3-10H,1-2H3. The van der Waals surface area contributed by atoms with Crippen LogP contribution < -0.4 is 4.74 Å². The lowest BCUT2D eigenvalue weighted by Gasteiger charge is -1.99. The zero-order chi connectivity index (χ0) is 12.5. The minimum absolute atomic E-state index is 0.788. The molecule has 3 rings (SSSR count). The fourth-order valence-electron chi connectivity index (χ4n) is 2.09. The molecule has 0 saturated carbocycles. The highest BCUT2D eigenvalue weighted by molar-refractivity contribution is 5.66. The minimum atomic E-state index is 0.788. The van der Waals surface area contributed by atoms with E-state index in [1.165, 1.54) is 5.56 Å². The Morgan fingerprint density at radius 2 is 2.06 bits per heavy atom. The van der Waals surface area contributed by atoms with Crippen LogP contribution in [0.2, 0.25) is 0 Å². The number of pyridine rings is 1. The average Bonchev–Trinajstić information content (AvgIpc) is 2.82. The largest absolute Gasteiger partial charge is 0.493 e. The van der Waals surface area contributed by atoms with Crippen molar-refractivity contribution in [3.63, 3.8) is 0 Å². The van der Waals surface area contributed by atoms with E-state index in [4.69, 9.17) is 4.74 Å². The Kier molecular flexibility index (Phi) is 2.52. The molecule has 0 N–H and O–H groups in total. The fourth-order valence-corrected chi connectivity index (χ4v) is 2.09. The third kappa shape index (κ3) is 1.74. The van der Waals surface area contributed by atoms with E-state index >= 15 is 0 Å². The Morgan fingerprint density at radius 1 is 1.17 bits per heavy atom. The first-order chi connectivity index (χ1) is 8.78. The predicted octanol–water partition coefficient (Wildman–Crippen LogP) is 3.32. The molecule has 0 saturated heterocycles. The van der Waals surface area contributed by atoms with Crippen molar-refractivity contribution in [2.75, 3.05) is 7.11 Å². The van der Waals surface area contributed by atoms with Crippen LogP contribution in [0, 0.1) is 6.92 Å². The Labute approximate surface area is 106 Å². The van der Waals surface area contributed by atoms with Crippen LogP contribution in [0.5, 0.6) is 5.75 Å². The molecular weight excluding hydrogens is 224 g/mol. The Morgan fingerprint density at radius 3 is 2.83 bits per heavy atom. The Bertz CT molecular complexity index is 701. The van der Waals surface area contributed by atoms with Crippen molar-refractivity contribution in [1.82, 2.24) is 9.38 Å². The van der Waals surface area contributed by atoms with Crippen LogP contribution in [-0.4, -0.2) is 16.5 Å². The van der Waals surface area contributed by atoms with Crippen LogP contribution >= 0.6 is 0 Å². The van der Waals surface area contributed by atoms with E-state index in [0.717, 1.165) is 22.7 Å². The molecule has 3 heteroatoms. The number of ether oxygens (including phenoxy) is 1. The van der Waals surface area contributed by atoms with E-state index in [9.17, 15) is 0 Å². The highest BCUT2D eigenvalue weighted by Crippen LogP contribution is 2.24. The second-order valence-corrected chi connectivity index (χ2v) is 4.30. The summed E-state index contributed by atoms with van der Waals surface area (Å²) in [5, 5.41) is 0. The van der Waals surface area contributed by atoms with Crippen molar-refractivity contribution in [2.45, 2.75) is 6.92 Å². The molecule has 0 atom stereocenters. The van der Waals surface area contributed by atoms with E-state index < -0.39 is 0 Å². The highest BCUT2D eigenvalue weighted by Gasteiger charge is 2.07. The van der Waals surface area contributed by atoms with Crippen LogP contribution in [0.15, 0.2) is 48.8 Å². The summed E-state index contributed by atoms with van der Waals surface area (Å²) >= 11 is 0. The molecule has 2 aromatic heterocycles. The summed E-state index contributed by atoms with van der Waals surface area (Å²) in [6.07, 6.45) is 4.00. The first-order valence-corrected chi connectivity index (χ1v) is 5.86. The van der Waals surface area contributed by atoms with Gasteiger partial charge in [0.15, 0.2) is 11.4 Å². The van der Waals surface area contributed by atoms with Gasteiger partial charge in [-0.1, -0.05) is 23.8 Å². The average molecular weight is 238 g/mol. The van der Waals surface area contributed by atoms with Gasteiger partial charge in [-0.15, -0.1) is 0 Å². The number of aryl methyl sites for hydroxylation is 1. The molecule has 0 radical (unpaired) electrons. The van der Waals surface area contributed by atoms with E-state index in [2.05, 4.69) is 30.1 Å². The van der Waals surface area contributed by atoms with Crippen LogP contribution in [0.1, 0.15) is 5.56 Å². The summed E-state index contributed by atoms with van der Waals surface area (Å²) in [5.41, 5.74) is 4.16.